The maximum absolute atomic E-state index is 5.07. The average molecular weight is 245 g/mol. The fourth-order valence-electron chi connectivity index (χ4n) is 1.85. The highest BCUT2D eigenvalue weighted by molar-refractivity contribution is 5.52. The van der Waals surface area contributed by atoms with Gasteiger partial charge >= 0.3 is 0 Å². The highest BCUT2D eigenvalue weighted by Gasteiger charge is 2.12. The second-order valence-electron chi connectivity index (χ2n) is 4.55. The average Bonchev–Trinajstić information content (AvgIpc) is 2.90. The molecule has 0 aliphatic heterocycles. The maximum Gasteiger partial charge on any atom is 0.162 e. The molecule has 2 aromatic rings. The minimum absolute atomic E-state index is 0.382. The minimum atomic E-state index is 0.382. The first kappa shape index (κ1) is 12.8. The molecule has 0 saturated carbocycles. The molecular formula is C14H19N3O. The quantitative estimate of drug-likeness (QED) is 0.879. The number of furan rings is 1. The van der Waals surface area contributed by atoms with Gasteiger partial charge in [0.15, 0.2) is 5.82 Å². The molecule has 1 N–H and O–H groups in total. The predicted octanol–water partition coefficient (Wildman–Crippen LogP) is 2.97. The molecule has 2 heterocycles. The Morgan fingerprint density at radius 3 is 2.83 bits per heavy atom. The molecule has 0 bridgehead atoms. The van der Waals surface area contributed by atoms with E-state index < -0.39 is 0 Å². The van der Waals surface area contributed by atoms with Crippen LogP contribution in [-0.4, -0.2) is 16.5 Å². The third kappa shape index (κ3) is 2.76. The van der Waals surface area contributed by atoms with Crippen molar-refractivity contribution in [3.63, 3.8) is 0 Å². The molecule has 4 nitrogen and oxygen atoms in total. The van der Waals surface area contributed by atoms with Gasteiger partial charge in [-0.2, -0.15) is 0 Å². The number of rotatable bonds is 5. The molecule has 0 aliphatic carbocycles. The summed E-state index contributed by atoms with van der Waals surface area (Å²) in [5, 5.41) is 3.32. The SMILES string of the molecule is CCNCc1cnc(-c2ccoc2)nc1C(C)C. The second kappa shape index (κ2) is 5.78. The largest absolute Gasteiger partial charge is 0.472 e. The summed E-state index contributed by atoms with van der Waals surface area (Å²) in [6.07, 6.45) is 5.22. The van der Waals surface area contributed by atoms with Gasteiger partial charge in [0.2, 0.25) is 0 Å². The van der Waals surface area contributed by atoms with Crippen LogP contribution in [0.2, 0.25) is 0 Å². The Bertz CT molecular complexity index is 492. The lowest BCUT2D eigenvalue weighted by molar-refractivity contribution is 0.568. The van der Waals surface area contributed by atoms with E-state index in [1.54, 1.807) is 12.5 Å². The van der Waals surface area contributed by atoms with Gasteiger partial charge in [-0.1, -0.05) is 20.8 Å². The first-order valence-corrected chi connectivity index (χ1v) is 6.31. The summed E-state index contributed by atoms with van der Waals surface area (Å²) in [7, 11) is 0. The highest BCUT2D eigenvalue weighted by atomic mass is 16.3. The monoisotopic (exact) mass is 245 g/mol. The second-order valence-corrected chi connectivity index (χ2v) is 4.55. The minimum Gasteiger partial charge on any atom is -0.472 e. The van der Waals surface area contributed by atoms with Crippen LogP contribution in [0, 0.1) is 0 Å². The first-order valence-electron chi connectivity index (χ1n) is 6.31. The lowest BCUT2D eigenvalue weighted by Gasteiger charge is -2.12. The smallest absolute Gasteiger partial charge is 0.162 e. The highest BCUT2D eigenvalue weighted by Crippen LogP contribution is 2.21. The predicted molar refractivity (Wildman–Crippen MR) is 71.2 cm³/mol. The first-order chi connectivity index (χ1) is 8.72. The van der Waals surface area contributed by atoms with Crippen molar-refractivity contribution in [1.29, 1.82) is 0 Å². The molecule has 0 saturated heterocycles. The number of hydrogen-bond donors (Lipinski definition) is 1. The normalized spacial score (nSPS) is 11.1. The van der Waals surface area contributed by atoms with Gasteiger partial charge in [-0.15, -0.1) is 0 Å². The molecule has 0 spiro atoms. The van der Waals surface area contributed by atoms with Crippen LogP contribution >= 0.6 is 0 Å². The van der Waals surface area contributed by atoms with Crippen LogP contribution in [0.25, 0.3) is 11.4 Å². The van der Waals surface area contributed by atoms with Crippen molar-refractivity contribution < 1.29 is 4.42 Å². The van der Waals surface area contributed by atoms with Gasteiger partial charge in [-0.05, 0) is 18.5 Å². The molecule has 0 unspecified atom stereocenters. The zero-order chi connectivity index (χ0) is 13.0. The summed E-state index contributed by atoms with van der Waals surface area (Å²) in [6, 6.07) is 1.88. The molecule has 0 amide bonds. The van der Waals surface area contributed by atoms with E-state index in [-0.39, 0.29) is 0 Å². The van der Waals surface area contributed by atoms with Crippen LogP contribution in [0.3, 0.4) is 0 Å². The Labute approximate surface area is 107 Å². The molecule has 2 rings (SSSR count). The summed E-state index contributed by atoms with van der Waals surface area (Å²) in [4.78, 5) is 9.06. The summed E-state index contributed by atoms with van der Waals surface area (Å²) < 4.78 is 5.07. The molecule has 0 fully saturated rings. The van der Waals surface area contributed by atoms with Crippen LogP contribution < -0.4 is 5.32 Å². The van der Waals surface area contributed by atoms with Crippen LogP contribution in [0.4, 0.5) is 0 Å². The Hall–Kier alpha value is -1.68. The van der Waals surface area contributed by atoms with Crippen molar-refractivity contribution in [2.45, 2.75) is 33.2 Å². The van der Waals surface area contributed by atoms with Crippen molar-refractivity contribution in [2.24, 2.45) is 0 Å². The zero-order valence-electron chi connectivity index (χ0n) is 11.1. The zero-order valence-corrected chi connectivity index (χ0v) is 11.1. The third-order valence-electron chi connectivity index (χ3n) is 2.79. The summed E-state index contributed by atoms with van der Waals surface area (Å²) in [5.74, 6) is 1.11. The maximum atomic E-state index is 5.07. The van der Waals surface area contributed by atoms with E-state index in [1.165, 1.54) is 5.56 Å². The van der Waals surface area contributed by atoms with Crippen molar-refractivity contribution >= 4 is 0 Å². The van der Waals surface area contributed by atoms with Crippen LogP contribution in [0.1, 0.15) is 37.9 Å². The van der Waals surface area contributed by atoms with Crippen molar-refractivity contribution in [2.75, 3.05) is 6.54 Å². The number of nitrogens with zero attached hydrogens (tertiary/aromatic N) is 2. The molecule has 0 radical (unpaired) electrons. The molecule has 96 valence electrons. The van der Waals surface area contributed by atoms with Gasteiger partial charge in [0, 0.05) is 18.3 Å². The summed E-state index contributed by atoms with van der Waals surface area (Å²) in [5.41, 5.74) is 3.19. The third-order valence-corrected chi connectivity index (χ3v) is 2.79. The van der Waals surface area contributed by atoms with E-state index in [2.05, 4.69) is 36.1 Å². The molecule has 0 aliphatic rings. The number of aromatic nitrogens is 2. The standard InChI is InChI=1S/C14H19N3O/c1-4-15-7-12-8-16-14(11-5-6-18-9-11)17-13(12)10(2)3/h5-6,8-10,15H,4,7H2,1-3H3. The van der Waals surface area contributed by atoms with Gasteiger partial charge in [0.25, 0.3) is 0 Å². The van der Waals surface area contributed by atoms with E-state index >= 15 is 0 Å². The van der Waals surface area contributed by atoms with E-state index in [9.17, 15) is 0 Å². The van der Waals surface area contributed by atoms with Gasteiger partial charge in [0.05, 0.1) is 17.5 Å². The summed E-state index contributed by atoms with van der Waals surface area (Å²) >= 11 is 0. The van der Waals surface area contributed by atoms with E-state index in [1.807, 2.05) is 12.3 Å². The van der Waals surface area contributed by atoms with Crippen LogP contribution in [0.15, 0.2) is 29.2 Å². The van der Waals surface area contributed by atoms with E-state index in [0.29, 0.717) is 5.92 Å². The van der Waals surface area contributed by atoms with Crippen molar-refractivity contribution in [3.05, 3.63) is 36.0 Å². The Morgan fingerprint density at radius 1 is 1.39 bits per heavy atom. The topological polar surface area (TPSA) is 51.0 Å². The van der Waals surface area contributed by atoms with Crippen LogP contribution in [0.5, 0.6) is 0 Å². The van der Waals surface area contributed by atoms with E-state index in [0.717, 1.165) is 30.2 Å². The Morgan fingerprint density at radius 2 is 2.22 bits per heavy atom. The molecule has 18 heavy (non-hydrogen) atoms. The van der Waals surface area contributed by atoms with Crippen molar-refractivity contribution in [1.82, 2.24) is 15.3 Å². The number of hydrogen-bond acceptors (Lipinski definition) is 4. The fourth-order valence-corrected chi connectivity index (χ4v) is 1.85. The molecule has 0 atom stereocenters. The summed E-state index contributed by atoms with van der Waals surface area (Å²) in [6.45, 7) is 8.15. The Balaban J connectivity index is 2.34. The lowest BCUT2D eigenvalue weighted by Crippen LogP contribution is -2.15. The molecular weight excluding hydrogens is 226 g/mol. The fraction of sp³-hybridized carbons (Fsp3) is 0.429. The molecule has 2 aromatic heterocycles. The lowest BCUT2D eigenvalue weighted by atomic mass is 10.0. The van der Waals surface area contributed by atoms with Crippen LogP contribution in [-0.2, 0) is 6.54 Å². The molecule has 0 aromatic carbocycles. The van der Waals surface area contributed by atoms with Gasteiger partial charge in [0.1, 0.15) is 6.26 Å². The van der Waals surface area contributed by atoms with Gasteiger partial charge in [-0.3, -0.25) is 0 Å². The van der Waals surface area contributed by atoms with Crippen molar-refractivity contribution in [3.8, 4) is 11.4 Å². The Kier molecular flexibility index (Phi) is 4.10. The van der Waals surface area contributed by atoms with Gasteiger partial charge < -0.3 is 9.73 Å². The molecule has 4 heteroatoms. The number of nitrogens with one attached hydrogen (secondary N) is 1. The van der Waals surface area contributed by atoms with Gasteiger partial charge in [-0.25, -0.2) is 9.97 Å². The van der Waals surface area contributed by atoms with E-state index in [4.69, 9.17) is 4.42 Å².